The third-order valence-corrected chi connectivity index (χ3v) is 5.07. The van der Waals surface area contributed by atoms with E-state index in [4.69, 9.17) is 4.74 Å². The van der Waals surface area contributed by atoms with Crippen LogP contribution in [0.2, 0.25) is 0 Å². The first-order chi connectivity index (χ1) is 15.8. The molecule has 0 spiro atoms. The first kappa shape index (κ1) is 21.7. The molecule has 0 saturated heterocycles. The van der Waals surface area contributed by atoms with Gasteiger partial charge >= 0.3 is 11.9 Å². The lowest BCUT2D eigenvalue weighted by Crippen LogP contribution is -2.19. The van der Waals surface area contributed by atoms with Gasteiger partial charge in [-0.3, -0.25) is 9.59 Å². The van der Waals surface area contributed by atoms with E-state index in [0.717, 1.165) is 10.8 Å². The van der Waals surface area contributed by atoms with Crippen LogP contribution in [0.5, 0.6) is 0 Å². The molecule has 0 heterocycles. The molecule has 7 heteroatoms. The highest BCUT2D eigenvalue weighted by Crippen LogP contribution is 2.30. The quantitative estimate of drug-likeness (QED) is 0.347. The van der Waals surface area contributed by atoms with E-state index in [-0.39, 0.29) is 34.3 Å². The van der Waals surface area contributed by atoms with Crippen LogP contribution in [0.25, 0.3) is 21.5 Å². The lowest BCUT2D eigenvalue weighted by atomic mass is 10.0. The highest BCUT2D eigenvalue weighted by molar-refractivity contribution is 6.18. The molecule has 0 saturated carbocycles. The lowest BCUT2D eigenvalue weighted by Gasteiger charge is -2.15. The normalized spacial score (nSPS) is 10.6. The molecular formula is C26H20N2O5. The molecule has 33 heavy (non-hydrogen) atoms. The van der Waals surface area contributed by atoms with Gasteiger partial charge in [0, 0.05) is 13.8 Å². The van der Waals surface area contributed by atoms with E-state index in [9.17, 15) is 19.2 Å². The van der Waals surface area contributed by atoms with Crippen molar-refractivity contribution in [3.8, 4) is 0 Å². The van der Waals surface area contributed by atoms with Gasteiger partial charge in [0.05, 0.1) is 22.5 Å². The van der Waals surface area contributed by atoms with Crippen LogP contribution in [0, 0.1) is 0 Å². The molecule has 4 rings (SSSR count). The van der Waals surface area contributed by atoms with Gasteiger partial charge < -0.3 is 15.4 Å². The number of rotatable bonds is 4. The summed E-state index contributed by atoms with van der Waals surface area (Å²) >= 11 is 0. The zero-order valence-corrected chi connectivity index (χ0v) is 18.0. The van der Waals surface area contributed by atoms with Gasteiger partial charge in [-0.15, -0.1) is 0 Å². The molecule has 0 bridgehead atoms. The summed E-state index contributed by atoms with van der Waals surface area (Å²) in [5.41, 5.74) is 0.605. The molecule has 0 aliphatic rings. The SMILES string of the molecule is CC(=O)Nc1ccc2ccccc2c1C(=O)OC(=O)c1c(NC(C)=O)ccc2ccccc12. The highest BCUT2D eigenvalue weighted by atomic mass is 16.6. The predicted octanol–water partition coefficient (Wildman–Crippen LogP) is 4.91. The van der Waals surface area contributed by atoms with Crippen LogP contribution in [0.4, 0.5) is 11.4 Å². The van der Waals surface area contributed by atoms with E-state index in [0.29, 0.717) is 10.8 Å². The molecule has 2 amide bonds. The van der Waals surface area contributed by atoms with Crippen molar-refractivity contribution in [1.29, 1.82) is 0 Å². The monoisotopic (exact) mass is 440 g/mol. The second kappa shape index (κ2) is 8.92. The van der Waals surface area contributed by atoms with Crippen LogP contribution in [-0.2, 0) is 14.3 Å². The minimum atomic E-state index is -0.915. The Morgan fingerprint density at radius 3 is 1.36 bits per heavy atom. The van der Waals surface area contributed by atoms with E-state index in [2.05, 4.69) is 10.6 Å². The van der Waals surface area contributed by atoms with Crippen molar-refractivity contribution in [2.75, 3.05) is 10.6 Å². The Morgan fingerprint density at radius 2 is 0.970 bits per heavy atom. The summed E-state index contributed by atoms with van der Waals surface area (Å²) < 4.78 is 5.30. The molecule has 0 aliphatic carbocycles. The van der Waals surface area contributed by atoms with Gasteiger partial charge in [0.15, 0.2) is 0 Å². The minimum absolute atomic E-state index is 0.0676. The first-order valence-corrected chi connectivity index (χ1v) is 10.2. The van der Waals surface area contributed by atoms with Crippen molar-refractivity contribution in [2.45, 2.75) is 13.8 Å². The minimum Gasteiger partial charge on any atom is -0.386 e. The van der Waals surface area contributed by atoms with Crippen LogP contribution in [-0.4, -0.2) is 23.8 Å². The van der Waals surface area contributed by atoms with Gasteiger partial charge in [0.25, 0.3) is 0 Å². The zero-order valence-electron chi connectivity index (χ0n) is 18.0. The number of fused-ring (bicyclic) bond motifs is 2. The first-order valence-electron chi connectivity index (χ1n) is 10.2. The van der Waals surface area contributed by atoms with E-state index in [1.807, 2.05) is 24.3 Å². The molecule has 0 aliphatic heterocycles. The number of carbonyl (C=O) groups is 4. The van der Waals surface area contributed by atoms with Crippen LogP contribution >= 0.6 is 0 Å². The Balaban J connectivity index is 1.80. The maximum Gasteiger partial charge on any atom is 0.348 e. The number of hydrogen-bond acceptors (Lipinski definition) is 5. The summed E-state index contributed by atoms with van der Waals surface area (Å²) in [5.74, 6) is -2.56. The second-order valence-electron chi connectivity index (χ2n) is 7.46. The summed E-state index contributed by atoms with van der Waals surface area (Å²) in [6.45, 7) is 2.65. The Morgan fingerprint density at radius 1 is 0.576 bits per heavy atom. The fourth-order valence-electron chi connectivity index (χ4n) is 3.76. The topological polar surface area (TPSA) is 102 Å². The standard InChI is InChI=1S/C26H20N2O5/c1-15(29)27-21-13-11-17-7-3-5-9-19(17)23(21)25(31)33-26(32)24-20-10-6-4-8-18(20)12-14-22(24)28-16(2)30/h3-14H,1-2H3,(H,27,29)(H,28,30). The third-order valence-electron chi connectivity index (χ3n) is 5.07. The zero-order chi connectivity index (χ0) is 23.5. The number of amides is 2. The molecular weight excluding hydrogens is 420 g/mol. The fourth-order valence-corrected chi connectivity index (χ4v) is 3.76. The molecule has 0 fully saturated rings. The van der Waals surface area contributed by atoms with Gasteiger partial charge in [-0.2, -0.15) is 0 Å². The molecule has 0 atom stereocenters. The van der Waals surface area contributed by atoms with E-state index in [1.54, 1.807) is 48.5 Å². The predicted molar refractivity (Wildman–Crippen MR) is 126 cm³/mol. The number of ether oxygens (including phenoxy) is 1. The number of esters is 2. The third kappa shape index (κ3) is 4.43. The van der Waals surface area contributed by atoms with Crippen molar-refractivity contribution in [1.82, 2.24) is 0 Å². The van der Waals surface area contributed by atoms with Gasteiger partial charge in [0.2, 0.25) is 11.8 Å². The average Bonchev–Trinajstić information content (AvgIpc) is 2.77. The maximum absolute atomic E-state index is 13.2. The van der Waals surface area contributed by atoms with Crippen molar-refractivity contribution in [2.24, 2.45) is 0 Å². The summed E-state index contributed by atoms with van der Waals surface area (Å²) in [6.07, 6.45) is 0. The largest absolute Gasteiger partial charge is 0.386 e. The molecule has 4 aromatic carbocycles. The Bertz CT molecular complexity index is 1330. The molecule has 0 radical (unpaired) electrons. The highest BCUT2D eigenvalue weighted by Gasteiger charge is 2.24. The summed E-state index contributed by atoms with van der Waals surface area (Å²) in [6, 6.07) is 20.9. The van der Waals surface area contributed by atoms with Crippen LogP contribution in [0.1, 0.15) is 34.6 Å². The molecule has 4 aromatic rings. The maximum atomic E-state index is 13.2. The van der Waals surface area contributed by atoms with Crippen molar-refractivity contribution in [3.05, 3.63) is 83.9 Å². The van der Waals surface area contributed by atoms with Gasteiger partial charge in [-0.25, -0.2) is 9.59 Å². The van der Waals surface area contributed by atoms with Crippen molar-refractivity contribution >= 4 is 56.7 Å². The lowest BCUT2D eigenvalue weighted by molar-refractivity contribution is -0.115. The number of benzene rings is 4. The molecule has 2 N–H and O–H groups in total. The summed E-state index contributed by atoms with van der Waals surface area (Å²) in [5, 5.41) is 7.79. The number of nitrogens with one attached hydrogen (secondary N) is 2. The van der Waals surface area contributed by atoms with Crippen LogP contribution < -0.4 is 10.6 Å². The van der Waals surface area contributed by atoms with Crippen LogP contribution in [0.15, 0.2) is 72.8 Å². The average molecular weight is 440 g/mol. The number of carbonyl (C=O) groups excluding carboxylic acids is 4. The van der Waals surface area contributed by atoms with Gasteiger partial charge in [-0.1, -0.05) is 60.7 Å². The smallest absolute Gasteiger partial charge is 0.348 e. The Hall–Kier alpha value is -4.52. The molecule has 7 nitrogen and oxygen atoms in total. The Labute approximate surface area is 189 Å². The molecule has 0 aromatic heterocycles. The number of hydrogen-bond donors (Lipinski definition) is 2. The van der Waals surface area contributed by atoms with Gasteiger partial charge in [-0.05, 0) is 33.7 Å². The van der Waals surface area contributed by atoms with Gasteiger partial charge in [0.1, 0.15) is 0 Å². The second-order valence-corrected chi connectivity index (χ2v) is 7.46. The van der Waals surface area contributed by atoms with E-state index in [1.165, 1.54) is 13.8 Å². The van der Waals surface area contributed by atoms with Crippen molar-refractivity contribution in [3.63, 3.8) is 0 Å². The summed E-state index contributed by atoms with van der Waals surface area (Å²) in [7, 11) is 0. The summed E-state index contributed by atoms with van der Waals surface area (Å²) in [4.78, 5) is 49.8. The molecule has 164 valence electrons. The van der Waals surface area contributed by atoms with E-state index < -0.39 is 11.9 Å². The van der Waals surface area contributed by atoms with Crippen molar-refractivity contribution < 1.29 is 23.9 Å². The molecule has 0 unspecified atom stereocenters. The van der Waals surface area contributed by atoms with Crippen LogP contribution in [0.3, 0.4) is 0 Å². The fraction of sp³-hybridized carbons (Fsp3) is 0.0769. The van der Waals surface area contributed by atoms with E-state index >= 15 is 0 Å². The number of anilines is 2. The Kier molecular flexibility index (Phi) is 5.87.